The largest absolute Gasteiger partial charge is 0.392 e. The van der Waals surface area contributed by atoms with Gasteiger partial charge in [-0.25, -0.2) is 0 Å². The van der Waals surface area contributed by atoms with E-state index in [0.29, 0.717) is 11.3 Å². The van der Waals surface area contributed by atoms with E-state index in [1.165, 1.54) is 5.56 Å². The van der Waals surface area contributed by atoms with Crippen LogP contribution >= 0.6 is 0 Å². The van der Waals surface area contributed by atoms with Crippen molar-refractivity contribution in [1.29, 1.82) is 0 Å². The molecule has 3 heterocycles. The third-order valence-electron chi connectivity index (χ3n) is 8.13. The van der Waals surface area contributed by atoms with Crippen LogP contribution in [0.5, 0.6) is 0 Å². The van der Waals surface area contributed by atoms with E-state index in [4.69, 9.17) is 9.47 Å². The maximum Gasteiger partial charge on any atom is 0.257 e. The molecule has 8 nitrogen and oxygen atoms in total. The number of benzene rings is 3. The van der Waals surface area contributed by atoms with Crippen LogP contribution in [-0.2, 0) is 22.6 Å². The lowest BCUT2D eigenvalue weighted by atomic mass is 9.99. The highest BCUT2D eigenvalue weighted by Crippen LogP contribution is 2.38. The molecule has 6 rings (SSSR count). The Morgan fingerprint density at radius 3 is 2.37 bits per heavy atom. The second kappa shape index (κ2) is 14.0. The first-order chi connectivity index (χ1) is 21.1. The molecule has 2 saturated heterocycles. The molecule has 2 aliphatic rings. The molecule has 2 N–H and O–H groups in total. The third kappa shape index (κ3) is 7.73. The average molecular weight is 579 g/mol. The van der Waals surface area contributed by atoms with Gasteiger partial charge in [-0.1, -0.05) is 66.7 Å². The highest BCUT2D eigenvalue weighted by molar-refractivity contribution is 6.04. The summed E-state index contributed by atoms with van der Waals surface area (Å²) in [4.78, 5) is 21.8. The van der Waals surface area contributed by atoms with Gasteiger partial charge in [0.2, 0.25) is 0 Å². The van der Waals surface area contributed by atoms with Gasteiger partial charge >= 0.3 is 0 Å². The molecule has 4 aromatic rings. The van der Waals surface area contributed by atoms with Crippen LogP contribution in [0.1, 0.15) is 51.4 Å². The Morgan fingerprint density at radius 2 is 1.63 bits per heavy atom. The molecule has 0 radical (unpaired) electrons. The summed E-state index contributed by atoms with van der Waals surface area (Å²) in [6.45, 7) is 5.83. The monoisotopic (exact) mass is 578 g/mol. The molecule has 222 valence electrons. The van der Waals surface area contributed by atoms with Crippen LogP contribution in [0.2, 0.25) is 0 Å². The molecule has 0 aliphatic carbocycles. The predicted octanol–water partition coefficient (Wildman–Crippen LogP) is 5.19. The van der Waals surface area contributed by atoms with Gasteiger partial charge < -0.3 is 19.9 Å². The molecule has 3 atom stereocenters. The number of amides is 1. The van der Waals surface area contributed by atoms with Crippen molar-refractivity contribution >= 4 is 11.6 Å². The van der Waals surface area contributed by atoms with Crippen LogP contribution in [0.15, 0.2) is 103 Å². The Morgan fingerprint density at radius 1 is 0.837 bits per heavy atom. The SMILES string of the molecule is O=C(Nc1cccc([C@@H]2O[C@H](CN3CCN(Cc4ccccc4)CC3)C[C@H](c3ccc(CO)cc3)O2)c1)c1cccnc1. The van der Waals surface area contributed by atoms with Crippen LogP contribution in [-0.4, -0.2) is 64.6 Å². The fraction of sp³-hybridized carbons (Fsp3) is 0.314. The average Bonchev–Trinajstić information content (AvgIpc) is 3.06. The number of hydrogen-bond acceptors (Lipinski definition) is 7. The molecule has 0 spiro atoms. The third-order valence-corrected chi connectivity index (χ3v) is 8.13. The number of carbonyl (C=O) groups excluding carboxylic acids is 1. The van der Waals surface area contributed by atoms with Gasteiger partial charge in [0.15, 0.2) is 6.29 Å². The molecule has 2 fully saturated rings. The zero-order valence-corrected chi connectivity index (χ0v) is 24.2. The van der Waals surface area contributed by atoms with Crippen molar-refractivity contribution in [3.8, 4) is 0 Å². The minimum Gasteiger partial charge on any atom is -0.392 e. The lowest BCUT2D eigenvalue weighted by Crippen LogP contribution is -2.49. The smallest absolute Gasteiger partial charge is 0.257 e. The minimum atomic E-state index is -0.587. The number of aliphatic hydroxyl groups excluding tert-OH is 1. The van der Waals surface area contributed by atoms with Crippen LogP contribution in [0.25, 0.3) is 0 Å². The fourth-order valence-corrected chi connectivity index (χ4v) is 5.76. The van der Waals surface area contributed by atoms with E-state index in [1.807, 2.05) is 48.5 Å². The number of aliphatic hydroxyl groups is 1. The molecular weight excluding hydrogens is 540 g/mol. The normalized spacial score (nSPS) is 21.4. The molecule has 2 aliphatic heterocycles. The van der Waals surface area contributed by atoms with E-state index < -0.39 is 6.29 Å². The number of piperazine rings is 1. The lowest BCUT2D eigenvalue weighted by Gasteiger charge is -2.41. The summed E-state index contributed by atoms with van der Waals surface area (Å²) < 4.78 is 13.1. The van der Waals surface area contributed by atoms with Crippen LogP contribution in [0, 0.1) is 0 Å². The number of pyridine rings is 1. The summed E-state index contributed by atoms with van der Waals surface area (Å²) in [7, 11) is 0. The Balaban J connectivity index is 1.14. The van der Waals surface area contributed by atoms with Gasteiger partial charge in [-0.15, -0.1) is 0 Å². The lowest BCUT2D eigenvalue weighted by molar-refractivity contribution is -0.253. The maximum absolute atomic E-state index is 12.7. The summed E-state index contributed by atoms with van der Waals surface area (Å²) in [5.41, 5.74) is 5.28. The Bertz CT molecular complexity index is 1460. The molecule has 8 heteroatoms. The first-order valence-corrected chi connectivity index (χ1v) is 14.9. The molecule has 0 unspecified atom stereocenters. The molecule has 1 amide bonds. The summed E-state index contributed by atoms with van der Waals surface area (Å²) in [5, 5.41) is 12.5. The summed E-state index contributed by atoms with van der Waals surface area (Å²) in [6, 6.07) is 29.7. The van der Waals surface area contributed by atoms with Crippen LogP contribution in [0.4, 0.5) is 5.69 Å². The number of hydrogen-bond donors (Lipinski definition) is 2. The number of anilines is 1. The van der Waals surface area contributed by atoms with E-state index in [2.05, 4.69) is 50.4 Å². The number of nitrogens with zero attached hydrogens (tertiary/aromatic N) is 3. The van der Waals surface area contributed by atoms with Gasteiger partial charge in [0.1, 0.15) is 0 Å². The second-order valence-corrected chi connectivity index (χ2v) is 11.2. The zero-order chi connectivity index (χ0) is 29.4. The summed E-state index contributed by atoms with van der Waals surface area (Å²) >= 11 is 0. The maximum atomic E-state index is 12.7. The van der Waals surface area contributed by atoms with E-state index in [0.717, 1.165) is 62.4 Å². The number of carbonyl (C=O) groups is 1. The first-order valence-electron chi connectivity index (χ1n) is 14.9. The first kappa shape index (κ1) is 29.2. The van der Waals surface area contributed by atoms with Gasteiger partial charge in [0.05, 0.1) is 24.4 Å². The van der Waals surface area contributed by atoms with Gasteiger partial charge in [-0.05, 0) is 41.0 Å². The summed E-state index contributed by atoms with van der Waals surface area (Å²) in [5.74, 6) is -0.220. The van der Waals surface area contributed by atoms with E-state index in [-0.39, 0.29) is 24.7 Å². The number of aromatic nitrogens is 1. The second-order valence-electron chi connectivity index (χ2n) is 11.2. The predicted molar refractivity (Wildman–Crippen MR) is 165 cm³/mol. The van der Waals surface area contributed by atoms with E-state index in [1.54, 1.807) is 24.5 Å². The van der Waals surface area contributed by atoms with Crippen molar-refractivity contribution < 1.29 is 19.4 Å². The topological polar surface area (TPSA) is 87.2 Å². The van der Waals surface area contributed by atoms with Crippen molar-refractivity contribution in [3.63, 3.8) is 0 Å². The minimum absolute atomic E-state index is 0.00791. The fourth-order valence-electron chi connectivity index (χ4n) is 5.76. The molecule has 0 saturated carbocycles. The highest BCUT2D eigenvalue weighted by atomic mass is 16.7. The zero-order valence-electron chi connectivity index (χ0n) is 24.2. The Kier molecular flexibility index (Phi) is 9.52. The number of ether oxygens (including phenoxy) is 2. The number of rotatable bonds is 9. The van der Waals surface area contributed by atoms with Crippen LogP contribution in [0.3, 0.4) is 0 Å². The number of nitrogens with one attached hydrogen (secondary N) is 1. The van der Waals surface area contributed by atoms with Gasteiger partial charge in [-0.2, -0.15) is 0 Å². The van der Waals surface area contributed by atoms with Crippen molar-refractivity contribution in [2.75, 3.05) is 38.0 Å². The van der Waals surface area contributed by atoms with E-state index in [9.17, 15) is 9.90 Å². The van der Waals surface area contributed by atoms with Crippen LogP contribution < -0.4 is 5.32 Å². The molecular formula is C35H38N4O4. The Labute approximate surface area is 252 Å². The van der Waals surface area contributed by atoms with Crippen molar-refractivity contribution in [2.45, 2.75) is 38.1 Å². The van der Waals surface area contributed by atoms with Gasteiger partial charge in [-0.3, -0.25) is 19.6 Å². The molecule has 43 heavy (non-hydrogen) atoms. The van der Waals surface area contributed by atoms with Gasteiger partial charge in [0, 0.05) is 69.3 Å². The Hall–Kier alpha value is -3.92. The van der Waals surface area contributed by atoms with Gasteiger partial charge in [0.25, 0.3) is 5.91 Å². The quantitative estimate of drug-likeness (QED) is 0.283. The highest BCUT2D eigenvalue weighted by Gasteiger charge is 2.34. The molecule has 0 bridgehead atoms. The molecule has 1 aromatic heterocycles. The molecule has 3 aromatic carbocycles. The van der Waals surface area contributed by atoms with Crippen molar-refractivity contribution in [3.05, 3.63) is 131 Å². The summed E-state index contributed by atoms with van der Waals surface area (Å²) in [6.07, 6.45) is 3.14. The van der Waals surface area contributed by atoms with Crippen molar-refractivity contribution in [2.24, 2.45) is 0 Å². The van der Waals surface area contributed by atoms with Crippen molar-refractivity contribution in [1.82, 2.24) is 14.8 Å². The van der Waals surface area contributed by atoms with E-state index >= 15 is 0 Å². The standard InChI is InChI=1S/C35H38N4O4/c40-25-27-11-13-28(14-12-27)33-21-32(24-39-18-16-38(17-19-39)23-26-6-2-1-3-7-26)42-35(43-33)29-8-4-10-31(20-29)37-34(41)30-9-5-15-36-22-30/h1-15,20,22,32-33,35,40H,16-19,21,23-25H2,(H,37,41)/t32-,33+,35+/m0/s1.